The van der Waals surface area contributed by atoms with Gasteiger partial charge in [0.05, 0.1) is 6.10 Å². The Hall–Kier alpha value is -0.870. The highest BCUT2D eigenvalue weighted by Gasteiger charge is 2.44. The Bertz CT molecular complexity index is 497. The van der Waals surface area contributed by atoms with Gasteiger partial charge in [-0.2, -0.15) is 0 Å². The first-order valence-corrected chi connectivity index (χ1v) is 8.16. The molecule has 4 heteroatoms. The summed E-state index contributed by atoms with van der Waals surface area (Å²) in [5.41, 5.74) is 1.25. The lowest BCUT2D eigenvalue weighted by Gasteiger charge is -2.26. The van der Waals surface area contributed by atoms with Gasteiger partial charge in [0, 0.05) is 16.4 Å². The van der Waals surface area contributed by atoms with Crippen molar-refractivity contribution in [2.75, 3.05) is 0 Å². The minimum atomic E-state index is -0.168. The van der Waals surface area contributed by atoms with Crippen molar-refractivity contribution in [2.45, 2.75) is 50.2 Å². The molecule has 108 valence electrons. The molecule has 0 unspecified atom stereocenters. The van der Waals surface area contributed by atoms with Crippen LogP contribution in [0.4, 0.5) is 0 Å². The summed E-state index contributed by atoms with van der Waals surface area (Å²) < 4.78 is 1.07. The van der Waals surface area contributed by atoms with Crippen LogP contribution in [0.15, 0.2) is 28.7 Å². The van der Waals surface area contributed by atoms with E-state index in [1.807, 2.05) is 12.1 Å². The second kappa shape index (κ2) is 5.86. The molecule has 0 radical (unpaired) electrons. The fourth-order valence-electron chi connectivity index (χ4n) is 3.12. The molecule has 2 atom stereocenters. The summed E-state index contributed by atoms with van der Waals surface area (Å²) in [6, 6.07) is 8.49. The van der Waals surface area contributed by atoms with Crippen LogP contribution in [0.25, 0.3) is 0 Å². The van der Waals surface area contributed by atoms with Gasteiger partial charge in [0.1, 0.15) is 0 Å². The molecule has 0 aliphatic heterocycles. The van der Waals surface area contributed by atoms with Crippen molar-refractivity contribution in [3.63, 3.8) is 0 Å². The first-order chi connectivity index (χ1) is 9.63. The molecule has 1 aromatic rings. The van der Waals surface area contributed by atoms with Gasteiger partial charge < -0.3 is 10.4 Å². The zero-order valence-corrected chi connectivity index (χ0v) is 13.0. The third kappa shape index (κ3) is 3.23. The molecular weight excluding hydrogens is 318 g/mol. The summed E-state index contributed by atoms with van der Waals surface area (Å²) in [5, 5.41) is 12.6. The fourth-order valence-corrected chi connectivity index (χ4v) is 3.54. The van der Waals surface area contributed by atoms with Gasteiger partial charge in [-0.3, -0.25) is 4.79 Å². The van der Waals surface area contributed by atoms with Gasteiger partial charge in [0.25, 0.3) is 0 Å². The summed E-state index contributed by atoms with van der Waals surface area (Å²) >= 11 is 3.48. The van der Waals surface area contributed by atoms with Crippen molar-refractivity contribution in [1.82, 2.24) is 5.32 Å². The van der Waals surface area contributed by atoms with Crippen LogP contribution >= 0.6 is 15.9 Å². The lowest BCUT2D eigenvalue weighted by atomic mass is 9.93. The second-order valence-electron chi connectivity index (χ2n) is 6.02. The van der Waals surface area contributed by atoms with Gasteiger partial charge in [0.2, 0.25) is 5.91 Å². The summed E-state index contributed by atoms with van der Waals surface area (Å²) in [6.07, 6.45) is 4.22. The third-order valence-electron chi connectivity index (χ3n) is 4.45. The zero-order valence-electron chi connectivity index (χ0n) is 11.4. The van der Waals surface area contributed by atoms with E-state index in [-0.39, 0.29) is 24.0 Å². The Balaban J connectivity index is 1.53. The number of aliphatic hydroxyl groups excluding tert-OH is 1. The van der Waals surface area contributed by atoms with Crippen molar-refractivity contribution in [3.05, 3.63) is 34.3 Å². The van der Waals surface area contributed by atoms with E-state index in [1.165, 1.54) is 5.56 Å². The SMILES string of the molecule is O=C(NC1CCC(O)CC1)[C@@H]1C[C@@H]1c1cccc(Br)c1. The standard InChI is InChI=1S/C16H20BrNO2/c17-11-3-1-2-10(8-11)14-9-15(14)16(20)18-12-4-6-13(19)7-5-12/h1-3,8,12-15,19H,4-7,9H2,(H,18,20)/t12?,13?,14-,15-/m1/s1. The van der Waals surface area contributed by atoms with E-state index >= 15 is 0 Å². The van der Waals surface area contributed by atoms with Crippen LogP contribution in [0, 0.1) is 5.92 Å². The summed E-state index contributed by atoms with van der Waals surface area (Å²) in [4.78, 5) is 12.2. The highest BCUT2D eigenvalue weighted by Crippen LogP contribution is 2.48. The molecule has 0 aromatic heterocycles. The van der Waals surface area contributed by atoms with Gasteiger partial charge >= 0.3 is 0 Å². The lowest BCUT2D eigenvalue weighted by molar-refractivity contribution is -0.123. The molecule has 2 fully saturated rings. The molecule has 0 spiro atoms. The average molecular weight is 338 g/mol. The van der Waals surface area contributed by atoms with Gasteiger partial charge in [-0.1, -0.05) is 28.1 Å². The average Bonchev–Trinajstić information content (AvgIpc) is 3.22. The number of carbonyl (C=O) groups is 1. The molecule has 3 nitrogen and oxygen atoms in total. The molecule has 3 rings (SSSR count). The van der Waals surface area contributed by atoms with Gasteiger partial charge in [-0.25, -0.2) is 0 Å². The second-order valence-corrected chi connectivity index (χ2v) is 6.93. The minimum absolute atomic E-state index is 0.135. The number of benzene rings is 1. The molecule has 2 N–H and O–H groups in total. The van der Waals surface area contributed by atoms with E-state index < -0.39 is 0 Å². The largest absolute Gasteiger partial charge is 0.393 e. The lowest BCUT2D eigenvalue weighted by Crippen LogP contribution is -2.39. The topological polar surface area (TPSA) is 49.3 Å². The van der Waals surface area contributed by atoms with Gasteiger partial charge in [-0.15, -0.1) is 0 Å². The third-order valence-corrected chi connectivity index (χ3v) is 4.94. The normalized spacial score (nSPS) is 32.7. The minimum Gasteiger partial charge on any atom is -0.393 e. The van der Waals surface area contributed by atoms with Crippen LogP contribution in [0.5, 0.6) is 0 Å². The molecular formula is C16H20BrNO2. The van der Waals surface area contributed by atoms with Crippen LogP contribution < -0.4 is 5.32 Å². The molecule has 2 aliphatic carbocycles. The number of rotatable bonds is 3. The van der Waals surface area contributed by atoms with Crippen LogP contribution in [0.1, 0.15) is 43.6 Å². The molecule has 20 heavy (non-hydrogen) atoms. The Kier molecular flexibility index (Phi) is 4.13. The fraction of sp³-hybridized carbons (Fsp3) is 0.562. The van der Waals surface area contributed by atoms with Gasteiger partial charge in [-0.05, 0) is 55.7 Å². The van der Waals surface area contributed by atoms with E-state index in [4.69, 9.17) is 0 Å². The Morgan fingerprint density at radius 3 is 2.70 bits per heavy atom. The molecule has 1 amide bonds. The van der Waals surface area contributed by atoms with Crippen molar-refractivity contribution in [3.8, 4) is 0 Å². The monoisotopic (exact) mass is 337 g/mol. The molecule has 0 saturated heterocycles. The summed E-state index contributed by atoms with van der Waals surface area (Å²) in [7, 11) is 0. The van der Waals surface area contributed by atoms with E-state index in [1.54, 1.807) is 0 Å². The molecule has 2 aliphatic rings. The Morgan fingerprint density at radius 1 is 1.25 bits per heavy atom. The Labute approximate surface area is 127 Å². The number of hydrogen-bond acceptors (Lipinski definition) is 2. The van der Waals surface area contributed by atoms with E-state index in [0.29, 0.717) is 5.92 Å². The molecule has 1 aromatic carbocycles. The maximum absolute atomic E-state index is 12.2. The molecule has 2 saturated carbocycles. The highest BCUT2D eigenvalue weighted by atomic mass is 79.9. The van der Waals surface area contributed by atoms with Crippen LogP contribution in [-0.4, -0.2) is 23.2 Å². The highest BCUT2D eigenvalue weighted by molar-refractivity contribution is 9.10. The summed E-state index contributed by atoms with van der Waals surface area (Å²) in [5.74, 6) is 0.703. The van der Waals surface area contributed by atoms with Gasteiger partial charge in [0.15, 0.2) is 0 Å². The quantitative estimate of drug-likeness (QED) is 0.890. The van der Waals surface area contributed by atoms with Crippen molar-refractivity contribution < 1.29 is 9.90 Å². The predicted octanol–water partition coefficient (Wildman–Crippen LogP) is 2.97. The van der Waals surface area contributed by atoms with Crippen LogP contribution in [0.2, 0.25) is 0 Å². The number of amides is 1. The number of carbonyl (C=O) groups excluding carboxylic acids is 1. The predicted molar refractivity (Wildman–Crippen MR) is 81.4 cm³/mol. The van der Waals surface area contributed by atoms with E-state index in [9.17, 15) is 9.90 Å². The maximum Gasteiger partial charge on any atom is 0.223 e. The zero-order chi connectivity index (χ0) is 14.1. The van der Waals surface area contributed by atoms with Crippen LogP contribution in [-0.2, 0) is 4.79 Å². The summed E-state index contributed by atoms with van der Waals surface area (Å²) in [6.45, 7) is 0. The first kappa shape index (κ1) is 14.1. The maximum atomic E-state index is 12.2. The molecule has 0 bridgehead atoms. The van der Waals surface area contributed by atoms with E-state index in [0.717, 1.165) is 36.6 Å². The van der Waals surface area contributed by atoms with Crippen molar-refractivity contribution >= 4 is 21.8 Å². The smallest absolute Gasteiger partial charge is 0.223 e. The first-order valence-electron chi connectivity index (χ1n) is 7.37. The van der Waals surface area contributed by atoms with E-state index in [2.05, 4.69) is 33.4 Å². The Morgan fingerprint density at radius 2 is 2.00 bits per heavy atom. The number of aliphatic hydroxyl groups is 1. The van der Waals surface area contributed by atoms with Crippen molar-refractivity contribution in [2.24, 2.45) is 5.92 Å². The van der Waals surface area contributed by atoms with Crippen molar-refractivity contribution in [1.29, 1.82) is 0 Å². The number of nitrogens with one attached hydrogen (secondary N) is 1. The number of hydrogen-bond donors (Lipinski definition) is 2. The van der Waals surface area contributed by atoms with Crippen LogP contribution in [0.3, 0.4) is 0 Å². The number of halogens is 1. The molecule has 0 heterocycles.